The Bertz CT molecular complexity index is 221. The molecule has 0 aromatic heterocycles. The number of hydrogen-bond donors (Lipinski definition) is 0. The zero-order valence-electron chi connectivity index (χ0n) is 10.5. The summed E-state index contributed by atoms with van der Waals surface area (Å²) in [6, 6.07) is 0. The van der Waals surface area contributed by atoms with Gasteiger partial charge in [0, 0.05) is 12.1 Å². The molecule has 0 aliphatic heterocycles. The van der Waals surface area contributed by atoms with Crippen LogP contribution in [0.3, 0.4) is 0 Å². The van der Waals surface area contributed by atoms with E-state index in [4.69, 9.17) is 4.74 Å². The minimum Gasteiger partial charge on any atom is -0.461 e. The van der Waals surface area contributed by atoms with Crippen molar-refractivity contribution in [1.29, 1.82) is 0 Å². The third-order valence-corrected chi connectivity index (χ3v) is 1.88. The number of halogens is 3. The highest BCUT2D eigenvalue weighted by Gasteiger charge is 2.06. The van der Waals surface area contributed by atoms with Crippen LogP contribution in [0.4, 0.5) is 12.9 Å². The smallest absolute Gasteiger partial charge is 0.461 e. The van der Waals surface area contributed by atoms with E-state index in [1.54, 1.807) is 6.92 Å². The van der Waals surface area contributed by atoms with Gasteiger partial charge in [-0.05, 0) is 20.0 Å². The normalized spacial score (nSPS) is 9.35. The van der Waals surface area contributed by atoms with Crippen LogP contribution in [-0.4, -0.2) is 44.7 Å². The summed E-state index contributed by atoms with van der Waals surface area (Å²) < 4.78 is 34.0. The third kappa shape index (κ3) is 15.0. The predicted octanol–water partition coefficient (Wildman–Crippen LogP) is 2.33. The molecule has 0 N–H and O–H groups in total. The van der Waals surface area contributed by atoms with Gasteiger partial charge in [-0.15, -0.1) is 0 Å². The molecular weight excluding hydrogens is 234 g/mol. The van der Waals surface area contributed by atoms with Crippen molar-refractivity contribution in [2.45, 2.75) is 20.8 Å². The largest absolute Gasteiger partial charge is 0.762 e. The van der Waals surface area contributed by atoms with Gasteiger partial charge >= 0.3 is 13.5 Å². The van der Waals surface area contributed by atoms with Gasteiger partial charge in [-0.2, -0.15) is 0 Å². The minimum absolute atomic E-state index is 0.299. The van der Waals surface area contributed by atoms with Crippen LogP contribution >= 0.6 is 0 Å². The fraction of sp³-hybridized carbons (Fsp3) is 0.700. The first-order valence-electron chi connectivity index (χ1n) is 5.32. The number of esters is 1. The number of rotatable bonds is 6. The Hall–Kier alpha value is -0.975. The van der Waals surface area contributed by atoms with Gasteiger partial charge in [0.25, 0.3) is 0 Å². The molecule has 0 saturated carbocycles. The van der Waals surface area contributed by atoms with Crippen molar-refractivity contribution in [2.75, 3.05) is 26.2 Å². The zero-order valence-corrected chi connectivity index (χ0v) is 10.5. The summed E-state index contributed by atoms with van der Waals surface area (Å²) in [5.74, 6) is -0.299. The summed E-state index contributed by atoms with van der Waals surface area (Å²) in [6.45, 7) is 12.6. The average Bonchev–Trinajstić information content (AvgIpc) is 2.23. The maximum absolute atomic E-state index is 11.0. The molecule has 17 heavy (non-hydrogen) atoms. The zero-order chi connectivity index (χ0) is 13.8. The lowest BCUT2D eigenvalue weighted by atomic mass is 10.4. The Balaban J connectivity index is 0. The number of hydrogen-bond acceptors (Lipinski definition) is 3. The fourth-order valence-electron chi connectivity index (χ4n) is 0.930. The van der Waals surface area contributed by atoms with Crippen LogP contribution < -0.4 is 0 Å². The topological polar surface area (TPSA) is 29.5 Å². The molecule has 0 radical (unpaired) electrons. The van der Waals surface area contributed by atoms with E-state index in [0.29, 0.717) is 12.2 Å². The van der Waals surface area contributed by atoms with Crippen LogP contribution in [0.25, 0.3) is 0 Å². The first-order chi connectivity index (χ1) is 7.84. The molecule has 0 aliphatic carbocycles. The van der Waals surface area contributed by atoms with E-state index >= 15 is 0 Å². The van der Waals surface area contributed by atoms with Crippen LogP contribution in [0.5, 0.6) is 0 Å². The predicted molar refractivity (Wildman–Crippen MR) is 62.6 cm³/mol. The second kappa shape index (κ2) is 11.5. The molecule has 0 aliphatic rings. The maximum atomic E-state index is 11.0. The van der Waals surface area contributed by atoms with Gasteiger partial charge in [0.15, 0.2) is 0 Å². The van der Waals surface area contributed by atoms with Crippen molar-refractivity contribution < 1.29 is 22.5 Å². The first kappa shape index (κ1) is 18.4. The van der Waals surface area contributed by atoms with E-state index < -0.39 is 7.54 Å². The van der Waals surface area contributed by atoms with Crippen LogP contribution in [0.1, 0.15) is 20.8 Å². The lowest BCUT2D eigenvalue weighted by Gasteiger charge is -2.17. The molecule has 7 heteroatoms. The second-order valence-electron chi connectivity index (χ2n) is 3.19. The standard InChI is InChI=1S/C10H19NO2.BF3/c1-5-11(6-2)7-8-13-10(12)9(3)4;2-1(3)4/h3,5-8H2,1-2,4H3;. The van der Waals surface area contributed by atoms with E-state index in [0.717, 1.165) is 19.6 Å². The van der Waals surface area contributed by atoms with Crippen molar-refractivity contribution in [3.63, 3.8) is 0 Å². The molecule has 0 aromatic rings. The van der Waals surface area contributed by atoms with Crippen LogP contribution in [-0.2, 0) is 9.53 Å². The van der Waals surface area contributed by atoms with Crippen molar-refractivity contribution in [2.24, 2.45) is 0 Å². The van der Waals surface area contributed by atoms with Crippen molar-refractivity contribution in [3.05, 3.63) is 12.2 Å². The molecule has 0 rings (SSSR count). The Kier molecular flexibility index (Phi) is 12.5. The van der Waals surface area contributed by atoms with Crippen molar-refractivity contribution in [1.82, 2.24) is 4.90 Å². The van der Waals surface area contributed by atoms with Gasteiger partial charge in [0.05, 0.1) is 0 Å². The summed E-state index contributed by atoms with van der Waals surface area (Å²) in [5.41, 5.74) is 0.458. The van der Waals surface area contributed by atoms with Crippen LogP contribution in [0.15, 0.2) is 12.2 Å². The highest BCUT2D eigenvalue weighted by Crippen LogP contribution is 1.93. The van der Waals surface area contributed by atoms with E-state index in [1.165, 1.54) is 0 Å². The minimum atomic E-state index is -3.67. The SMILES string of the molecule is C=C(C)C(=O)OCCN(CC)CC.FB(F)F. The Morgan fingerprint density at radius 1 is 1.29 bits per heavy atom. The molecule has 3 nitrogen and oxygen atoms in total. The molecule has 0 fully saturated rings. The van der Waals surface area contributed by atoms with Gasteiger partial charge < -0.3 is 9.64 Å². The first-order valence-corrected chi connectivity index (χ1v) is 5.32. The highest BCUT2D eigenvalue weighted by atomic mass is 19.4. The molecule has 100 valence electrons. The van der Waals surface area contributed by atoms with Crippen LogP contribution in [0, 0.1) is 0 Å². The average molecular weight is 253 g/mol. The van der Waals surface area contributed by atoms with E-state index in [1.807, 2.05) is 0 Å². The molecule has 0 bridgehead atoms. The molecule has 0 spiro atoms. The molecule has 0 amide bonds. The quantitative estimate of drug-likeness (QED) is 0.413. The van der Waals surface area contributed by atoms with Crippen molar-refractivity contribution >= 4 is 13.5 Å². The summed E-state index contributed by atoms with van der Waals surface area (Å²) in [6.07, 6.45) is 0. The summed E-state index contributed by atoms with van der Waals surface area (Å²) in [5, 5.41) is 0. The van der Waals surface area contributed by atoms with Gasteiger partial charge in [-0.1, -0.05) is 20.4 Å². The van der Waals surface area contributed by atoms with Gasteiger partial charge in [0.2, 0.25) is 0 Å². The molecule has 0 heterocycles. The lowest BCUT2D eigenvalue weighted by Crippen LogP contribution is -2.27. The maximum Gasteiger partial charge on any atom is 0.762 e. The number of carbonyl (C=O) groups is 1. The van der Waals surface area contributed by atoms with Crippen molar-refractivity contribution in [3.8, 4) is 0 Å². The monoisotopic (exact) mass is 253 g/mol. The third-order valence-electron chi connectivity index (χ3n) is 1.88. The Morgan fingerprint density at radius 2 is 1.71 bits per heavy atom. The molecule has 0 aromatic carbocycles. The molecule has 0 saturated heterocycles. The summed E-state index contributed by atoms with van der Waals surface area (Å²) in [7, 11) is -3.67. The number of carbonyl (C=O) groups excluding carboxylic acids is 1. The van der Waals surface area contributed by atoms with E-state index in [2.05, 4.69) is 25.3 Å². The van der Waals surface area contributed by atoms with Gasteiger partial charge in [0.1, 0.15) is 6.61 Å². The summed E-state index contributed by atoms with van der Waals surface area (Å²) >= 11 is 0. The molecular formula is C10H19BF3NO2. The summed E-state index contributed by atoms with van der Waals surface area (Å²) in [4.78, 5) is 13.2. The Labute approximate surface area is 101 Å². The van der Waals surface area contributed by atoms with E-state index in [-0.39, 0.29) is 5.97 Å². The Morgan fingerprint density at radius 3 is 2.00 bits per heavy atom. The van der Waals surface area contributed by atoms with Crippen LogP contribution in [0.2, 0.25) is 0 Å². The molecule has 0 unspecified atom stereocenters. The second-order valence-corrected chi connectivity index (χ2v) is 3.19. The molecule has 0 atom stereocenters. The fourth-order valence-corrected chi connectivity index (χ4v) is 0.930. The van der Waals surface area contributed by atoms with Gasteiger partial charge in [-0.25, -0.2) is 4.79 Å². The number of ether oxygens (including phenoxy) is 1. The van der Waals surface area contributed by atoms with E-state index in [9.17, 15) is 17.7 Å². The number of likely N-dealkylation sites (N-methyl/N-ethyl adjacent to an activating group) is 1. The highest BCUT2D eigenvalue weighted by molar-refractivity contribution is 6.33. The van der Waals surface area contributed by atoms with Gasteiger partial charge in [-0.3, -0.25) is 12.9 Å². The number of nitrogens with zero attached hydrogens (tertiary/aromatic N) is 1. The lowest BCUT2D eigenvalue weighted by molar-refractivity contribution is -0.139.